The molecule has 0 aliphatic carbocycles. The highest BCUT2D eigenvalue weighted by Crippen LogP contribution is 2.35. The predicted molar refractivity (Wildman–Crippen MR) is 57.4 cm³/mol. The van der Waals surface area contributed by atoms with E-state index in [2.05, 4.69) is 4.74 Å². The number of hydrogen-bond acceptors (Lipinski definition) is 4. The van der Waals surface area contributed by atoms with Crippen LogP contribution in [0.15, 0.2) is 18.2 Å². The summed E-state index contributed by atoms with van der Waals surface area (Å²) >= 11 is 0. The molecule has 1 N–H and O–H groups in total. The molecule has 2 rings (SSSR count). The molecular formula is C12H14O4. The molecule has 86 valence electrons. The van der Waals surface area contributed by atoms with E-state index in [0.717, 1.165) is 12.0 Å². The minimum atomic E-state index is -0.225. The van der Waals surface area contributed by atoms with E-state index in [1.807, 2.05) is 6.07 Å². The van der Waals surface area contributed by atoms with Crippen LogP contribution in [-0.4, -0.2) is 24.8 Å². The maximum atomic E-state index is 11.1. The number of ether oxygens (including phenoxy) is 2. The van der Waals surface area contributed by atoms with Crippen molar-refractivity contribution in [1.29, 1.82) is 0 Å². The van der Waals surface area contributed by atoms with Gasteiger partial charge in [0.15, 0.2) is 11.5 Å². The highest BCUT2D eigenvalue weighted by Gasteiger charge is 2.24. The number of hydrogen-bond donors (Lipinski definition) is 1. The second-order valence-corrected chi connectivity index (χ2v) is 3.93. The molecule has 0 radical (unpaired) electrons. The van der Waals surface area contributed by atoms with Crippen molar-refractivity contribution in [3.05, 3.63) is 23.8 Å². The van der Waals surface area contributed by atoms with Crippen LogP contribution in [0.1, 0.15) is 12.0 Å². The van der Waals surface area contributed by atoms with Gasteiger partial charge in [-0.15, -0.1) is 0 Å². The van der Waals surface area contributed by atoms with Crippen LogP contribution >= 0.6 is 0 Å². The maximum Gasteiger partial charge on any atom is 0.305 e. The molecule has 0 fully saturated rings. The zero-order chi connectivity index (χ0) is 11.5. The topological polar surface area (TPSA) is 55.8 Å². The van der Waals surface area contributed by atoms with Gasteiger partial charge in [0.05, 0.1) is 20.1 Å². The van der Waals surface area contributed by atoms with Gasteiger partial charge in [-0.25, -0.2) is 0 Å². The average Bonchev–Trinajstić information content (AvgIpc) is 2.29. The molecule has 4 nitrogen and oxygen atoms in total. The van der Waals surface area contributed by atoms with Crippen LogP contribution in [0.4, 0.5) is 0 Å². The van der Waals surface area contributed by atoms with Gasteiger partial charge in [-0.1, -0.05) is 12.1 Å². The van der Waals surface area contributed by atoms with E-state index >= 15 is 0 Å². The fraction of sp³-hybridized carbons (Fsp3) is 0.417. The monoisotopic (exact) mass is 222 g/mol. The Morgan fingerprint density at radius 3 is 3.19 bits per heavy atom. The molecule has 1 aromatic carbocycles. The van der Waals surface area contributed by atoms with Gasteiger partial charge in [0.1, 0.15) is 0 Å². The highest BCUT2D eigenvalue weighted by molar-refractivity contribution is 5.69. The molecular weight excluding hydrogens is 208 g/mol. The second kappa shape index (κ2) is 4.43. The van der Waals surface area contributed by atoms with Crippen LogP contribution in [-0.2, 0) is 16.0 Å². The molecule has 1 unspecified atom stereocenters. The Labute approximate surface area is 93.8 Å². The number of benzene rings is 1. The van der Waals surface area contributed by atoms with E-state index in [1.165, 1.54) is 7.11 Å². The number of carbonyl (C=O) groups excluding carboxylic acids is 1. The zero-order valence-electron chi connectivity index (χ0n) is 9.10. The summed E-state index contributed by atoms with van der Waals surface area (Å²) in [5.74, 6) is 0.608. The lowest BCUT2D eigenvalue weighted by Gasteiger charge is -2.24. The van der Waals surface area contributed by atoms with Gasteiger partial charge in [0.25, 0.3) is 0 Å². The van der Waals surface area contributed by atoms with Gasteiger partial charge in [-0.05, 0) is 18.1 Å². The van der Waals surface area contributed by atoms with Crippen LogP contribution in [0, 0.1) is 5.92 Å². The minimum Gasteiger partial charge on any atom is -0.504 e. The third-order valence-electron chi connectivity index (χ3n) is 2.73. The molecule has 0 saturated heterocycles. The van der Waals surface area contributed by atoms with Crippen molar-refractivity contribution in [2.45, 2.75) is 12.8 Å². The maximum absolute atomic E-state index is 11.1. The lowest BCUT2D eigenvalue weighted by molar-refractivity contribution is -0.142. The number of rotatable bonds is 2. The molecule has 1 heterocycles. The first-order chi connectivity index (χ1) is 7.70. The molecule has 0 bridgehead atoms. The van der Waals surface area contributed by atoms with E-state index in [4.69, 9.17) is 4.74 Å². The van der Waals surface area contributed by atoms with Gasteiger partial charge >= 0.3 is 5.97 Å². The number of esters is 1. The number of aromatic hydroxyl groups is 1. The number of para-hydroxylation sites is 1. The molecule has 0 saturated carbocycles. The Balaban J connectivity index is 2.09. The van der Waals surface area contributed by atoms with E-state index in [9.17, 15) is 9.90 Å². The van der Waals surface area contributed by atoms with Crippen LogP contribution in [0.25, 0.3) is 0 Å². The van der Waals surface area contributed by atoms with Crippen LogP contribution in [0.3, 0.4) is 0 Å². The van der Waals surface area contributed by atoms with E-state index in [1.54, 1.807) is 12.1 Å². The summed E-state index contributed by atoms with van der Waals surface area (Å²) in [5, 5.41) is 9.55. The van der Waals surface area contributed by atoms with E-state index in [-0.39, 0.29) is 17.6 Å². The Morgan fingerprint density at radius 1 is 1.62 bits per heavy atom. The summed E-state index contributed by atoms with van der Waals surface area (Å²) in [6.45, 7) is 0.444. The van der Waals surface area contributed by atoms with Crippen molar-refractivity contribution in [3.8, 4) is 11.5 Å². The van der Waals surface area contributed by atoms with Crippen molar-refractivity contribution in [3.63, 3.8) is 0 Å². The Kier molecular flexibility index (Phi) is 2.99. The molecule has 16 heavy (non-hydrogen) atoms. The quantitative estimate of drug-likeness (QED) is 0.770. The number of carbonyl (C=O) groups is 1. The number of phenolic OH excluding ortho intramolecular Hbond substituents is 1. The number of phenols is 1. The molecule has 0 spiro atoms. The van der Waals surface area contributed by atoms with Gasteiger partial charge < -0.3 is 14.6 Å². The van der Waals surface area contributed by atoms with E-state index in [0.29, 0.717) is 18.8 Å². The van der Waals surface area contributed by atoms with Crippen LogP contribution in [0.5, 0.6) is 11.5 Å². The first kappa shape index (κ1) is 10.8. The van der Waals surface area contributed by atoms with Crippen molar-refractivity contribution in [2.24, 2.45) is 5.92 Å². The van der Waals surface area contributed by atoms with Gasteiger partial charge in [-0.3, -0.25) is 4.79 Å². The molecule has 4 heteroatoms. The molecule has 0 aromatic heterocycles. The number of methoxy groups -OCH3 is 1. The van der Waals surface area contributed by atoms with Gasteiger partial charge in [0.2, 0.25) is 0 Å². The first-order valence-electron chi connectivity index (χ1n) is 5.21. The standard InChI is InChI=1S/C12H14O4/c1-15-11(14)6-8-5-9-3-2-4-10(13)12(9)16-7-8/h2-4,8,13H,5-7H2,1H3. The molecule has 1 aliphatic heterocycles. The average molecular weight is 222 g/mol. The van der Waals surface area contributed by atoms with Crippen molar-refractivity contribution >= 4 is 5.97 Å². The Bertz CT molecular complexity index is 400. The summed E-state index contributed by atoms with van der Waals surface area (Å²) in [4.78, 5) is 11.1. The Morgan fingerprint density at radius 2 is 2.44 bits per heavy atom. The molecule has 1 aromatic rings. The van der Waals surface area contributed by atoms with Crippen molar-refractivity contribution in [1.82, 2.24) is 0 Å². The van der Waals surface area contributed by atoms with Crippen molar-refractivity contribution in [2.75, 3.05) is 13.7 Å². The summed E-state index contributed by atoms with van der Waals surface area (Å²) in [6.07, 6.45) is 1.09. The third-order valence-corrected chi connectivity index (χ3v) is 2.73. The SMILES string of the molecule is COC(=O)CC1COc2c(O)cccc2C1. The summed E-state index contributed by atoms with van der Waals surface area (Å²) in [5.41, 5.74) is 0.945. The highest BCUT2D eigenvalue weighted by atomic mass is 16.5. The van der Waals surface area contributed by atoms with Gasteiger partial charge in [-0.2, -0.15) is 0 Å². The number of fused-ring (bicyclic) bond motifs is 1. The third kappa shape index (κ3) is 2.10. The lowest BCUT2D eigenvalue weighted by Crippen LogP contribution is -2.23. The zero-order valence-corrected chi connectivity index (χ0v) is 9.10. The van der Waals surface area contributed by atoms with E-state index < -0.39 is 0 Å². The molecule has 1 atom stereocenters. The molecule has 1 aliphatic rings. The normalized spacial score (nSPS) is 18.4. The van der Waals surface area contributed by atoms with Crippen molar-refractivity contribution < 1.29 is 19.4 Å². The summed E-state index contributed by atoms with van der Waals surface area (Å²) < 4.78 is 10.1. The predicted octanol–water partition coefficient (Wildman–Crippen LogP) is 1.51. The summed E-state index contributed by atoms with van der Waals surface area (Å²) in [6, 6.07) is 5.27. The fourth-order valence-corrected chi connectivity index (χ4v) is 1.92. The lowest BCUT2D eigenvalue weighted by atomic mass is 9.94. The Hall–Kier alpha value is -1.71. The first-order valence-corrected chi connectivity index (χ1v) is 5.21. The van der Waals surface area contributed by atoms with Gasteiger partial charge in [0, 0.05) is 5.92 Å². The second-order valence-electron chi connectivity index (χ2n) is 3.93. The largest absolute Gasteiger partial charge is 0.504 e. The summed E-state index contributed by atoms with van der Waals surface area (Å²) in [7, 11) is 1.38. The minimum absolute atomic E-state index is 0.127. The molecule has 0 amide bonds. The van der Waals surface area contributed by atoms with Crippen LogP contribution < -0.4 is 4.74 Å². The van der Waals surface area contributed by atoms with Crippen LogP contribution in [0.2, 0.25) is 0 Å². The fourth-order valence-electron chi connectivity index (χ4n) is 1.92. The smallest absolute Gasteiger partial charge is 0.305 e.